The van der Waals surface area contributed by atoms with E-state index < -0.39 is 18.4 Å². The van der Waals surface area contributed by atoms with E-state index in [0.29, 0.717) is 0 Å². The van der Waals surface area contributed by atoms with Crippen LogP contribution < -0.4 is 11.3 Å². The first-order valence-corrected chi connectivity index (χ1v) is 4.90. The minimum atomic E-state index is -0.778. The van der Waals surface area contributed by atoms with Crippen molar-refractivity contribution >= 4 is 5.82 Å². The van der Waals surface area contributed by atoms with Gasteiger partial charge in [-0.2, -0.15) is 0 Å². The molecule has 1 aliphatic heterocycles. The second-order valence-corrected chi connectivity index (χ2v) is 3.67. The minimum Gasteiger partial charge on any atom is -0.394 e. The second kappa shape index (κ2) is 4.20. The van der Waals surface area contributed by atoms with E-state index in [1.807, 2.05) is 0 Å². The van der Waals surface area contributed by atoms with Crippen molar-refractivity contribution in [2.75, 3.05) is 12.3 Å². The number of rotatable bonds is 2. The van der Waals surface area contributed by atoms with Crippen molar-refractivity contribution in [3.05, 3.63) is 22.7 Å². The van der Waals surface area contributed by atoms with Crippen LogP contribution in [0, 0.1) is 0 Å². The van der Waals surface area contributed by atoms with Crippen LogP contribution >= 0.6 is 0 Å². The average Bonchev–Trinajstić information content (AvgIpc) is 2.59. The molecular formula is C9H13N3O4. The zero-order chi connectivity index (χ0) is 11.7. The van der Waals surface area contributed by atoms with Gasteiger partial charge in [0, 0.05) is 12.5 Å². The van der Waals surface area contributed by atoms with E-state index in [1.54, 1.807) is 0 Å². The molecular weight excluding hydrogens is 214 g/mol. The van der Waals surface area contributed by atoms with E-state index in [4.69, 9.17) is 15.6 Å². The molecule has 0 aliphatic carbocycles. The molecule has 4 N–H and O–H groups in total. The van der Waals surface area contributed by atoms with Gasteiger partial charge in [-0.25, -0.2) is 4.98 Å². The number of nitrogens with two attached hydrogens (primary N) is 1. The molecule has 1 aromatic heterocycles. The van der Waals surface area contributed by atoms with Crippen LogP contribution in [-0.4, -0.2) is 38.6 Å². The summed E-state index contributed by atoms with van der Waals surface area (Å²) in [5.74, 6) is 0.138. The molecule has 0 amide bonds. The van der Waals surface area contributed by atoms with Crippen LogP contribution in [-0.2, 0) is 4.74 Å². The summed E-state index contributed by atoms with van der Waals surface area (Å²) in [5, 5.41) is 18.4. The third-order valence-corrected chi connectivity index (χ3v) is 2.55. The van der Waals surface area contributed by atoms with Crippen LogP contribution in [0.25, 0.3) is 0 Å². The fourth-order valence-electron chi connectivity index (χ4n) is 1.69. The first-order valence-electron chi connectivity index (χ1n) is 4.90. The van der Waals surface area contributed by atoms with Crippen LogP contribution in [0.4, 0.5) is 5.82 Å². The van der Waals surface area contributed by atoms with Gasteiger partial charge in [-0.05, 0) is 0 Å². The lowest BCUT2D eigenvalue weighted by Crippen LogP contribution is -2.26. The Morgan fingerprint density at radius 1 is 1.69 bits per heavy atom. The van der Waals surface area contributed by atoms with Crippen LogP contribution in [0.5, 0.6) is 0 Å². The van der Waals surface area contributed by atoms with Gasteiger partial charge in [-0.3, -0.25) is 9.36 Å². The summed E-state index contributed by atoms with van der Waals surface area (Å²) in [6, 6.07) is 1.18. The van der Waals surface area contributed by atoms with Gasteiger partial charge in [0.25, 0.3) is 5.56 Å². The monoisotopic (exact) mass is 227 g/mol. The summed E-state index contributed by atoms with van der Waals surface area (Å²) in [6.45, 7) is -0.283. The van der Waals surface area contributed by atoms with Crippen molar-refractivity contribution in [3.63, 3.8) is 0 Å². The number of hydrogen-bond donors (Lipinski definition) is 3. The fourth-order valence-corrected chi connectivity index (χ4v) is 1.69. The standard InChI is InChI=1S/C9H13N3O4/c10-7-2-8(15)12(4-11-7)9-1-5(14)6(3-13)16-9/h2,4-6,9,13-14H,1,3,10H2/t5-,6+,9+/m1/s1. The molecule has 0 saturated carbocycles. The van der Waals surface area contributed by atoms with Crippen LogP contribution in [0.15, 0.2) is 17.2 Å². The normalized spacial score (nSPS) is 29.5. The zero-order valence-electron chi connectivity index (χ0n) is 8.48. The first-order chi connectivity index (χ1) is 7.61. The smallest absolute Gasteiger partial charge is 0.257 e. The van der Waals surface area contributed by atoms with Crippen molar-refractivity contribution in [2.24, 2.45) is 0 Å². The molecule has 16 heavy (non-hydrogen) atoms. The largest absolute Gasteiger partial charge is 0.394 e. The Morgan fingerprint density at radius 2 is 2.44 bits per heavy atom. The van der Waals surface area contributed by atoms with E-state index in [9.17, 15) is 9.90 Å². The van der Waals surface area contributed by atoms with Crippen molar-refractivity contribution in [3.8, 4) is 0 Å². The third-order valence-electron chi connectivity index (χ3n) is 2.55. The Hall–Kier alpha value is -1.44. The summed E-state index contributed by atoms with van der Waals surface area (Å²) < 4.78 is 6.56. The number of nitrogens with zero attached hydrogens (tertiary/aromatic N) is 2. The SMILES string of the molecule is Nc1cc(=O)n([C@@H]2C[C@@H](O)[C@H](CO)O2)cn1. The topological polar surface area (TPSA) is 111 Å². The fraction of sp³-hybridized carbons (Fsp3) is 0.556. The lowest BCUT2D eigenvalue weighted by Gasteiger charge is -2.13. The van der Waals surface area contributed by atoms with Crippen molar-refractivity contribution < 1.29 is 14.9 Å². The summed E-state index contributed by atoms with van der Waals surface area (Å²) in [7, 11) is 0. The third kappa shape index (κ3) is 1.92. The molecule has 3 atom stereocenters. The number of hydrogen-bond acceptors (Lipinski definition) is 6. The molecule has 7 nitrogen and oxygen atoms in total. The van der Waals surface area contributed by atoms with Crippen molar-refractivity contribution in [1.82, 2.24) is 9.55 Å². The Labute approximate surface area is 91.1 Å². The Kier molecular flexibility index (Phi) is 2.90. The molecule has 0 unspecified atom stereocenters. The Balaban J connectivity index is 2.23. The average molecular weight is 227 g/mol. The van der Waals surface area contributed by atoms with Crippen LogP contribution in [0.1, 0.15) is 12.6 Å². The van der Waals surface area contributed by atoms with Crippen LogP contribution in [0.3, 0.4) is 0 Å². The second-order valence-electron chi connectivity index (χ2n) is 3.67. The molecule has 1 fully saturated rings. The number of aliphatic hydroxyl groups is 2. The van der Waals surface area contributed by atoms with Gasteiger partial charge < -0.3 is 20.7 Å². The number of aromatic nitrogens is 2. The molecule has 1 aromatic rings. The van der Waals surface area contributed by atoms with Gasteiger partial charge in [0.05, 0.1) is 12.7 Å². The summed E-state index contributed by atoms with van der Waals surface area (Å²) in [6.07, 6.45) is -0.521. The van der Waals surface area contributed by atoms with E-state index in [0.717, 1.165) is 0 Å². The molecule has 1 aliphatic rings. The summed E-state index contributed by atoms with van der Waals surface area (Å²) >= 11 is 0. The number of nitrogen functional groups attached to an aromatic ring is 1. The molecule has 1 saturated heterocycles. The highest BCUT2D eigenvalue weighted by Crippen LogP contribution is 2.26. The predicted octanol–water partition coefficient (Wildman–Crippen LogP) is -1.53. The molecule has 0 spiro atoms. The molecule has 0 radical (unpaired) electrons. The Bertz CT molecular complexity index is 433. The van der Waals surface area contributed by atoms with Gasteiger partial charge >= 0.3 is 0 Å². The molecule has 88 valence electrons. The highest BCUT2D eigenvalue weighted by Gasteiger charge is 2.34. The van der Waals surface area contributed by atoms with Gasteiger partial charge in [0.15, 0.2) is 0 Å². The maximum Gasteiger partial charge on any atom is 0.257 e. The van der Waals surface area contributed by atoms with E-state index in [-0.39, 0.29) is 24.4 Å². The maximum atomic E-state index is 11.5. The van der Waals surface area contributed by atoms with E-state index >= 15 is 0 Å². The lowest BCUT2D eigenvalue weighted by atomic mass is 10.2. The van der Waals surface area contributed by atoms with Gasteiger partial charge in [-0.1, -0.05) is 0 Å². The first kappa shape index (κ1) is 11.1. The number of aliphatic hydroxyl groups excluding tert-OH is 2. The highest BCUT2D eigenvalue weighted by molar-refractivity contribution is 5.23. The Morgan fingerprint density at radius 3 is 3.00 bits per heavy atom. The van der Waals surface area contributed by atoms with Gasteiger partial charge in [0.2, 0.25) is 0 Å². The van der Waals surface area contributed by atoms with E-state index in [2.05, 4.69) is 4.98 Å². The summed E-state index contributed by atoms with van der Waals surface area (Å²) in [4.78, 5) is 15.3. The molecule has 7 heteroatoms. The number of anilines is 1. The molecule has 0 bridgehead atoms. The lowest BCUT2D eigenvalue weighted by molar-refractivity contribution is -0.0457. The number of ether oxygens (including phenoxy) is 1. The minimum absolute atomic E-state index is 0.138. The molecule has 2 heterocycles. The quantitative estimate of drug-likeness (QED) is 0.565. The van der Waals surface area contributed by atoms with Gasteiger partial charge in [-0.15, -0.1) is 0 Å². The summed E-state index contributed by atoms with van der Waals surface area (Å²) in [5.41, 5.74) is 5.01. The predicted molar refractivity (Wildman–Crippen MR) is 54.5 cm³/mol. The van der Waals surface area contributed by atoms with Crippen molar-refractivity contribution in [1.29, 1.82) is 0 Å². The molecule has 0 aromatic carbocycles. The van der Waals surface area contributed by atoms with Crippen LogP contribution in [0.2, 0.25) is 0 Å². The van der Waals surface area contributed by atoms with Crippen molar-refractivity contribution in [2.45, 2.75) is 24.9 Å². The zero-order valence-corrected chi connectivity index (χ0v) is 8.48. The van der Waals surface area contributed by atoms with E-state index in [1.165, 1.54) is 17.0 Å². The molecule has 2 rings (SSSR count). The van der Waals surface area contributed by atoms with Gasteiger partial charge in [0.1, 0.15) is 24.5 Å². The highest BCUT2D eigenvalue weighted by atomic mass is 16.5. The maximum absolute atomic E-state index is 11.5.